The Balaban J connectivity index is 2.15. The summed E-state index contributed by atoms with van der Waals surface area (Å²) in [6, 6.07) is 8.74. The zero-order valence-corrected chi connectivity index (χ0v) is 11.2. The number of ether oxygens (including phenoxy) is 2. The van der Waals surface area contributed by atoms with Crippen molar-refractivity contribution in [1.82, 2.24) is 0 Å². The first-order valence-electron chi connectivity index (χ1n) is 6.55. The fraction of sp³-hybridized carbons (Fsp3) is 0.400. The zero-order valence-electron chi connectivity index (χ0n) is 11.2. The number of esters is 1. The third kappa shape index (κ3) is 3.25. The van der Waals surface area contributed by atoms with Crippen LogP contribution in [0.2, 0.25) is 0 Å². The van der Waals surface area contributed by atoms with E-state index in [0.717, 1.165) is 0 Å². The van der Waals surface area contributed by atoms with Gasteiger partial charge in [-0.2, -0.15) is 0 Å². The molecular formula is C15H18O5. The molecule has 2 rings (SSSR count). The summed E-state index contributed by atoms with van der Waals surface area (Å²) in [7, 11) is 0. The van der Waals surface area contributed by atoms with Crippen molar-refractivity contribution in [2.45, 2.75) is 31.3 Å². The number of carbonyl (C=O) groups is 1. The highest BCUT2D eigenvalue weighted by molar-refractivity contribution is 5.83. The normalized spacial score (nSPS) is 25.1. The SMILES string of the molecule is CCO[C@H]1C=CC(=O)O[C@H]1[C@H](O)[C@H](O)c1ccccc1. The van der Waals surface area contributed by atoms with E-state index in [4.69, 9.17) is 9.47 Å². The van der Waals surface area contributed by atoms with E-state index >= 15 is 0 Å². The standard InChI is InChI=1S/C15H18O5/c1-2-19-11-8-9-12(16)20-15(11)14(18)13(17)10-6-4-3-5-7-10/h3-9,11,13-15,17-18H,2H2,1H3/t11-,13+,14+,15+/m0/s1. The molecule has 5 heteroatoms. The van der Waals surface area contributed by atoms with Gasteiger partial charge >= 0.3 is 5.97 Å². The molecule has 5 nitrogen and oxygen atoms in total. The lowest BCUT2D eigenvalue weighted by molar-refractivity contribution is -0.170. The number of hydrogen-bond acceptors (Lipinski definition) is 5. The van der Waals surface area contributed by atoms with Crippen LogP contribution in [0.1, 0.15) is 18.6 Å². The summed E-state index contributed by atoms with van der Waals surface area (Å²) in [6.45, 7) is 2.22. The number of aliphatic hydroxyl groups is 2. The monoisotopic (exact) mass is 278 g/mol. The van der Waals surface area contributed by atoms with Gasteiger partial charge in [-0.3, -0.25) is 0 Å². The molecule has 1 heterocycles. The molecule has 1 aliphatic rings. The van der Waals surface area contributed by atoms with Gasteiger partial charge in [0, 0.05) is 12.7 Å². The van der Waals surface area contributed by atoms with E-state index in [1.54, 1.807) is 37.3 Å². The summed E-state index contributed by atoms with van der Waals surface area (Å²) in [5.41, 5.74) is 0.556. The first-order chi connectivity index (χ1) is 9.63. The molecule has 0 bridgehead atoms. The third-order valence-electron chi connectivity index (χ3n) is 3.16. The molecule has 0 saturated heterocycles. The largest absolute Gasteiger partial charge is 0.453 e. The Hall–Kier alpha value is -1.69. The van der Waals surface area contributed by atoms with Crippen molar-refractivity contribution in [3.8, 4) is 0 Å². The lowest BCUT2D eigenvalue weighted by Gasteiger charge is -2.33. The quantitative estimate of drug-likeness (QED) is 0.785. The molecule has 0 unspecified atom stereocenters. The predicted molar refractivity (Wildman–Crippen MR) is 71.8 cm³/mol. The summed E-state index contributed by atoms with van der Waals surface area (Å²) in [4.78, 5) is 11.3. The molecule has 0 radical (unpaired) electrons. The molecule has 2 N–H and O–H groups in total. The van der Waals surface area contributed by atoms with Gasteiger partial charge in [-0.1, -0.05) is 30.3 Å². The molecule has 108 valence electrons. The molecule has 0 saturated carbocycles. The highest BCUT2D eigenvalue weighted by Gasteiger charge is 2.37. The second-order valence-corrected chi connectivity index (χ2v) is 4.53. The van der Waals surface area contributed by atoms with E-state index in [0.29, 0.717) is 12.2 Å². The molecule has 1 aliphatic heterocycles. The second-order valence-electron chi connectivity index (χ2n) is 4.53. The Bertz CT molecular complexity index is 470. The third-order valence-corrected chi connectivity index (χ3v) is 3.16. The zero-order chi connectivity index (χ0) is 14.5. The maximum atomic E-state index is 11.3. The Morgan fingerprint density at radius 2 is 2.00 bits per heavy atom. The molecule has 0 aliphatic carbocycles. The number of aliphatic hydroxyl groups excluding tert-OH is 2. The van der Waals surface area contributed by atoms with Crippen LogP contribution in [0.15, 0.2) is 42.5 Å². The van der Waals surface area contributed by atoms with Crippen LogP contribution >= 0.6 is 0 Å². The molecule has 4 atom stereocenters. The minimum Gasteiger partial charge on any atom is -0.453 e. The maximum absolute atomic E-state index is 11.3. The highest BCUT2D eigenvalue weighted by Crippen LogP contribution is 2.25. The van der Waals surface area contributed by atoms with E-state index in [-0.39, 0.29) is 0 Å². The number of cyclic esters (lactones) is 1. The van der Waals surface area contributed by atoms with Crippen molar-refractivity contribution in [1.29, 1.82) is 0 Å². The van der Waals surface area contributed by atoms with Gasteiger partial charge in [0.2, 0.25) is 0 Å². The molecule has 1 aromatic carbocycles. The van der Waals surface area contributed by atoms with Crippen molar-refractivity contribution in [2.24, 2.45) is 0 Å². The topological polar surface area (TPSA) is 76.0 Å². The smallest absolute Gasteiger partial charge is 0.330 e. The van der Waals surface area contributed by atoms with Crippen molar-refractivity contribution < 1.29 is 24.5 Å². The first-order valence-corrected chi connectivity index (χ1v) is 6.55. The highest BCUT2D eigenvalue weighted by atomic mass is 16.6. The second kappa shape index (κ2) is 6.65. The summed E-state index contributed by atoms with van der Waals surface area (Å²) in [6.07, 6.45) is -1.10. The average Bonchev–Trinajstić information content (AvgIpc) is 2.48. The molecule has 1 aromatic rings. The van der Waals surface area contributed by atoms with Crippen molar-refractivity contribution in [2.75, 3.05) is 6.61 Å². The van der Waals surface area contributed by atoms with E-state index in [1.165, 1.54) is 6.08 Å². The van der Waals surface area contributed by atoms with Crippen LogP contribution in [0.4, 0.5) is 0 Å². The van der Waals surface area contributed by atoms with Crippen LogP contribution in [0, 0.1) is 0 Å². The van der Waals surface area contributed by atoms with Crippen LogP contribution in [0.3, 0.4) is 0 Å². The van der Waals surface area contributed by atoms with Crippen LogP contribution < -0.4 is 0 Å². The number of benzene rings is 1. The Labute approximate surface area is 117 Å². The first kappa shape index (κ1) is 14.7. The van der Waals surface area contributed by atoms with Gasteiger partial charge in [-0.25, -0.2) is 4.79 Å². The molecular weight excluding hydrogens is 260 g/mol. The average molecular weight is 278 g/mol. The minimum atomic E-state index is -1.26. The van der Waals surface area contributed by atoms with Gasteiger partial charge in [0.25, 0.3) is 0 Å². The summed E-state index contributed by atoms with van der Waals surface area (Å²) in [5, 5.41) is 20.5. The molecule has 0 fully saturated rings. The summed E-state index contributed by atoms with van der Waals surface area (Å²) < 4.78 is 10.5. The number of rotatable bonds is 5. The minimum absolute atomic E-state index is 0.414. The summed E-state index contributed by atoms with van der Waals surface area (Å²) >= 11 is 0. The summed E-state index contributed by atoms with van der Waals surface area (Å²) in [5.74, 6) is -0.551. The molecule has 0 aromatic heterocycles. The predicted octanol–water partition coefficient (Wildman–Crippen LogP) is 0.968. The van der Waals surface area contributed by atoms with Gasteiger partial charge in [0.15, 0.2) is 6.10 Å². The van der Waals surface area contributed by atoms with Gasteiger partial charge in [0.05, 0.1) is 0 Å². The maximum Gasteiger partial charge on any atom is 0.330 e. The van der Waals surface area contributed by atoms with E-state index in [1.807, 2.05) is 6.07 Å². The fourth-order valence-corrected chi connectivity index (χ4v) is 2.16. The number of hydrogen-bond donors (Lipinski definition) is 2. The van der Waals surface area contributed by atoms with E-state index < -0.39 is 30.4 Å². The Kier molecular flexibility index (Phi) is 4.89. The van der Waals surface area contributed by atoms with Gasteiger partial charge < -0.3 is 19.7 Å². The van der Waals surface area contributed by atoms with Crippen LogP contribution in [-0.2, 0) is 14.3 Å². The fourth-order valence-electron chi connectivity index (χ4n) is 2.16. The van der Waals surface area contributed by atoms with Crippen LogP contribution in [0.25, 0.3) is 0 Å². The van der Waals surface area contributed by atoms with Gasteiger partial charge in [-0.15, -0.1) is 0 Å². The van der Waals surface area contributed by atoms with Crippen molar-refractivity contribution in [3.63, 3.8) is 0 Å². The molecule has 0 amide bonds. The Morgan fingerprint density at radius 3 is 2.65 bits per heavy atom. The van der Waals surface area contributed by atoms with Crippen molar-refractivity contribution in [3.05, 3.63) is 48.0 Å². The lowest BCUT2D eigenvalue weighted by Crippen LogP contribution is -2.46. The van der Waals surface area contributed by atoms with Crippen LogP contribution in [-0.4, -0.2) is 41.1 Å². The Morgan fingerprint density at radius 1 is 1.30 bits per heavy atom. The van der Waals surface area contributed by atoms with Crippen LogP contribution in [0.5, 0.6) is 0 Å². The lowest BCUT2D eigenvalue weighted by atomic mass is 9.96. The molecule has 20 heavy (non-hydrogen) atoms. The van der Waals surface area contributed by atoms with Gasteiger partial charge in [0.1, 0.15) is 18.3 Å². The van der Waals surface area contributed by atoms with Gasteiger partial charge in [-0.05, 0) is 18.6 Å². The molecule has 0 spiro atoms. The number of carbonyl (C=O) groups excluding carboxylic acids is 1. The van der Waals surface area contributed by atoms with E-state index in [2.05, 4.69) is 0 Å². The van der Waals surface area contributed by atoms with E-state index in [9.17, 15) is 15.0 Å². The van der Waals surface area contributed by atoms with Crippen molar-refractivity contribution >= 4 is 5.97 Å².